The van der Waals surface area contributed by atoms with Crippen LogP contribution in [0, 0.1) is 0 Å². The van der Waals surface area contributed by atoms with Crippen LogP contribution in [0.5, 0.6) is 11.5 Å². The number of nitrogens with zero attached hydrogens (tertiary/aromatic N) is 4. The molecule has 0 spiro atoms. The number of methoxy groups -OCH3 is 2. The van der Waals surface area contributed by atoms with E-state index in [1.54, 1.807) is 59.0 Å². The van der Waals surface area contributed by atoms with Crippen molar-refractivity contribution in [2.24, 2.45) is 0 Å². The predicted molar refractivity (Wildman–Crippen MR) is 140 cm³/mol. The van der Waals surface area contributed by atoms with Crippen LogP contribution in [-0.2, 0) is 10.0 Å². The monoisotopic (exact) mass is 530 g/mol. The van der Waals surface area contributed by atoms with Crippen molar-refractivity contribution >= 4 is 42.6 Å². The summed E-state index contributed by atoms with van der Waals surface area (Å²) in [5.41, 5.74) is 1.27. The van der Waals surface area contributed by atoms with Gasteiger partial charge in [-0.25, -0.2) is 13.4 Å². The summed E-state index contributed by atoms with van der Waals surface area (Å²) in [4.78, 5) is 22.1. The van der Waals surface area contributed by atoms with E-state index in [1.165, 1.54) is 0 Å². The van der Waals surface area contributed by atoms with Crippen molar-refractivity contribution in [3.63, 3.8) is 0 Å². The summed E-state index contributed by atoms with van der Waals surface area (Å²) in [5, 5.41) is 0.868. The molecule has 9 nitrogen and oxygen atoms in total. The number of benzene rings is 2. The van der Waals surface area contributed by atoms with Crippen LogP contribution in [0.3, 0.4) is 0 Å². The lowest BCUT2D eigenvalue weighted by Crippen LogP contribution is -2.48. The SMILES string of the molecule is COc1ccc(OC)c2sc(N3CCN(C(=O)c4ccc(S(=O)(=O)N5CCCCC5)cc4)CC3)nc12. The molecule has 0 bridgehead atoms. The molecule has 2 aromatic carbocycles. The summed E-state index contributed by atoms with van der Waals surface area (Å²) in [6.07, 6.45) is 2.84. The lowest BCUT2D eigenvalue weighted by molar-refractivity contribution is 0.0746. The van der Waals surface area contributed by atoms with Gasteiger partial charge in [0.05, 0.1) is 19.1 Å². The van der Waals surface area contributed by atoms with Crippen LogP contribution in [0.15, 0.2) is 41.3 Å². The fourth-order valence-corrected chi connectivity index (χ4v) is 7.36. The second-order valence-electron chi connectivity index (χ2n) is 8.91. The van der Waals surface area contributed by atoms with E-state index in [9.17, 15) is 13.2 Å². The first-order valence-electron chi connectivity index (χ1n) is 12.1. The fourth-order valence-electron chi connectivity index (χ4n) is 4.72. The number of thiazole rings is 1. The van der Waals surface area contributed by atoms with Crippen molar-refractivity contribution in [2.75, 3.05) is 58.4 Å². The van der Waals surface area contributed by atoms with Crippen LogP contribution in [0.2, 0.25) is 0 Å². The topological polar surface area (TPSA) is 92.3 Å². The lowest BCUT2D eigenvalue weighted by atomic mass is 10.2. The minimum Gasteiger partial charge on any atom is -0.495 e. The molecule has 192 valence electrons. The van der Waals surface area contributed by atoms with Gasteiger partial charge in [0.2, 0.25) is 10.0 Å². The van der Waals surface area contributed by atoms with E-state index in [-0.39, 0.29) is 10.8 Å². The normalized spacial score (nSPS) is 17.4. The number of carbonyl (C=O) groups is 1. The van der Waals surface area contributed by atoms with Crippen LogP contribution >= 0.6 is 11.3 Å². The number of piperazine rings is 1. The van der Waals surface area contributed by atoms with Gasteiger partial charge in [0, 0.05) is 44.8 Å². The number of ether oxygens (including phenoxy) is 2. The summed E-state index contributed by atoms with van der Waals surface area (Å²) in [5.74, 6) is 1.37. The minimum absolute atomic E-state index is 0.0933. The van der Waals surface area contributed by atoms with E-state index in [0.29, 0.717) is 50.6 Å². The maximum atomic E-state index is 13.1. The highest BCUT2D eigenvalue weighted by Gasteiger charge is 2.28. The molecule has 0 unspecified atom stereocenters. The predicted octanol–water partition coefficient (Wildman–Crippen LogP) is 3.45. The third-order valence-corrected chi connectivity index (χ3v) is 9.83. The molecule has 1 amide bonds. The Morgan fingerprint density at radius 2 is 1.50 bits per heavy atom. The standard InChI is InChI=1S/C25H30N4O5S2/c1-33-20-10-11-21(34-2)23-22(20)26-25(35-23)28-16-14-27(15-17-28)24(30)18-6-8-19(9-7-18)36(31,32)29-12-4-3-5-13-29/h6-11H,3-5,12-17H2,1-2H3. The zero-order chi connectivity index (χ0) is 25.3. The third-order valence-electron chi connectivity index (χ3n) is 6.79. The molecule has 2 saturated heterocycles. The summed E-state index contributed by atoms with van der Waals surface area (Å²) in [7, 11) is -0.246. The Hall–Kier alpha value is -2.89. The Morgan fingerprint density at radius 1 is 0.861 bits per heavy atom. The lowest BCUT2D eigenvalue weighted by Gasteiger charge is -2.34. The summed E-state index contributed by atoms with van der Waals surface area (Å²) in [6, 6.07) is 10.1. The van der Waals surface area contributed by atoms with E-state index >= 15 is 0 Å². The van der Waals surface area contributed by atoms with Gasteiger partial charge in [-0.2, -0.15) is 4.31 Å². The van der Waals surface area contributed by atoms with E-state index in [2.05, 4.69) is 4.90 Å². The van der Waals surface area contributed by atoms with Gasteiger partial charge < -0.3 is 19.3 Å². The largest absolute Gasteiger partial charge is 0.495 e. The molecule has 11 heteroatoms. The molecule has 0 N–H and O–H groups in total. The molecule has 0 aliphatic carbocycles. The van der Waals surface area contributed by atoms with Crippen LogP contribution < -0.4 is 14.4 Å². The zero-order valence-electron chi connectivity index (χ0n) is 20.5. The van der Waals surface area contributed by atoms with Crippen LogP contribution in [0.4, 0.5) is 5.13 Å². The second-order valence-corrected chi connectivity index (χ2v) is 11.8. The molecule has 3 aromatic rings. The van der Waals surface area contributed by atoms with Gasteiger partial charge in [-0.15, -0.1) is 0 Å². The first-order chi connectivity index (χ1) is 17.4. The Balaban J connectivity index is 1.25. The van der Waals surface area contributed by atoms with Gasteiger partial charge >= 0.3 is 0 Å². The molecular weight excluding hydrogens is 500 g/mol. The Morgan fingerprint density at radius 3 is 2.14 bits per heavy atom. The van der Waals surface area contributed by atoms with Crippen molar-refractivity contribution in [1.82, 2.24) is 14.2 Å². The van der Waals surface area contributed by atoms with Crippen molar-refractivity contribution in [3.8, 4) is 11.5 Å². The zero-order valence-corrected chi connectivity index (χ0v) is 22.1. The van der Waals surface area contributed by atoms with E-state index in [4.69, 9.17) is 14.5 Å². The molecule has 36 heavy (non-hydrogen) atoms. The van der Waals surface area contributed by atoms with Gasteiger partial charge in [0.25, 0.3) is 5.91 Å². The summed E-state index contributed by atoms with van der Waals surface area (Å²) < 4.78 is 39.2. The van der Waals surface area contributed by atoms with Crippen molar-refractivity contribution in [2.45, 2.75) is 24.2 Å². The minimum atomic E-state index is -3.51. The molecule has 2 aliphatic heterocycles. The first-order valence-corrected chi connectivity index (χ1v) is 14.3. The highest BCUT2D eigenvalue weighted by molar-refractivity contribution is 7.89. The van der Waals surface area contributed by atoms with Gasteiger partial charge in [0.1, 0.15) is 21.7 Å². The molecular formula is C25H30N4O5S2. The number of hydrogen-bond donors (Lipinski definition) is 0. The summed E-state index contributed by atoms with van der Waals surface area (Å²) >= 11 is 1.55. The Kier molecular flexibility index (Phi) is 7.05. The van der Waals surface area contributed by atoms with Gasteiger partial charge in [-0.3, -0.25) is 4.79 Å². The van der Waals surface area contributed by atoms with Crippen molar-refractivity contribution in [1.29, 1.82) is 0 Å². The third kappa shape index (κ3) is 4.62. The molecule has 5 rings (SSSR count). The van der Waals surface area contributed by atoms with E-state index in [1.807, 2.05) is 12.1 Å². The number of fused-ring (bicyclic) bond motifs is 1. The number of carbonyl (C=O) groups excluding carboxylic acids is 1. The number of amides is 1. The van der Waals surface area contributed by atoms with Gasteiger partial charge in [0.15, 0.2) is 5.13 Å². The van der Waals surface area contributed by atoms with Crippen molar-refractivity contribution < 1.29 is 22.7 Å². The van der Waals surface area contributed by atoms with Crippen LogP contribution in [-0.4, -0.2) is 82.0 Å². The van der Waals surface area contributed by atoms with E-state index < -0.39 is 10.0 Å². The molecule has 0 atom stereocenters. The first kappa shape index (κ1) is 24.8. The number of hydrogen-bond acceptors (Lipinski definition) is 8. The number of sulfonamides is 1. The molecule has 0 saturated carbocycles. The maximum absolute atomic E-state index is 13.1. The van der Waals surface area contributed by atoms with Crippen LogP contribution in [0.25, 0.3) is 10.2 Å². The number of piperidine rings is 1. The highest BCUT2D eigenvalue weighted by atomic mass is 32.2. The molecule has 1 aromatic heterocycles. The molecule has 2 aliphatic rings. The van der Waals surface area contributed by atoms with Crippen molar-refractivity contribution in [3.05, 3.63) is 42.0 Å². The number of anilines is 1. The fraction of sp³-hybridized carbons (Fsp3) is 0.440. The number of rotatable bonds is 6. The average molecular weight is 531 g/mol. The van der Waals surface area contributed by atoms with Crippen LogP contribution in [0.1, 0.15) is 29.6 Å². The van der Waals surface area contributed by atoms with E-state index in [0.717, 1.165) is 40.4 Å². The molecule has 0 radical (unpaired) electrons. The Bertz CT molecular complexity index is 1300. The van der Waals surface area contributed by atoms with Gasteiger partial charge in [-0.05, 0) is 49.2 Å². The smallest absolute Gasteiger partial charge is 0.253 e. The number of aromatic nitrogens is 1. The average Bonchev–Trinajstić information content (AvgIpc) is 3.38. The quantitative estimate of drug-likeness (QED) is 0.482. The second kappa shape index (κ2) is 10.2. The van der Waals surface area contributed by atoms with Gasteiger partial charge in [-0.1, -0.05) is 17.8 Å². The molecule has 3 heterocycles. The Labute approximate surface area is 215 Å². The molecule has 2 fully saturated rings. The maximum Gasteiger partial charge on any atom is 0.253 e. The summed E-state index contributed by atoms with van der Waals surface area (Å²) in [6.45, 7) is 3.52. The highest BCUT2D eigenvalue weighted by Crippen LogP contribution is 2.40.